The van der Waals surface area contributed by atoms with Gasteiger partial charge in [-0.25, -0.2) is 0 Å². The number of hydrogen-bond donors (Lipinski definition) is 1. The summed E-state index contributed by atoms with van der Waals surface area (Å²) in [5.41, 5.74) is 0.137. The van der Waals surface area contributed by atoms with Crippen LogP contribution in [0.3, 0.4) is 0 Å². The van der Waals surface area contributed by atoms with Crippen LogP contribution in [0.25, 0.3) is 10.8 Å². The molecule has 1 aliphatic heterocycles. The molecular formula is C18H19NOS. The van der Waals surface area contributed by atoms with E-state index in [1.54, 1.807) is 0 Å². The van der Waals surface area contributed by atoms with Crippen molar-refractivity contribution in [2.45, 2.75) is 11.9 Å². The molecule has 0 bridgehead atoms. The normalized spacial score (nSPS) is 17.9. The molecule has 2 atom stereocenters. The largest absolute Gasteiger partial charge is 0.479 e. The zero-order valence-corrected chi connectivity index (χ0v) is 12.9. The first-order valence-electron chi connectivity index (χ1n) is 7.15. The van der Waals surface area contributed by atoms with Crippen LogP contribution in [-0.2, 0) is 0 Å². The smallest absolute Gasteiger partial charge is 0.151 e. The number of benzene rings is 2. The minimum absolute atomic E-state index is 0.0583. The van der Waals surface area contributed by atoms with Crippen molar-refractivity contribution in [1.82, 2.24) is 5.32 Å². The van der Waals surface area contributed by atoms with Crippen LogP contribution in [0.2, 0.25) is 0 Å². The maximum absolute atomic E-state index is 6.35. The first-order valence-corrected chi connectivity index (χ1v) is 8.50. The van der Waals surface area contributed by atoms with E-state index in [9.17, 15) is 0 Å². The molecule has 1 N–H and O–H groups in total. The summed E-state index contributed by atoms with van der Waals surface area (Å²) in [5.74, 6) is 0.962. The average Bonchev–Trinajstić information content (AvgIpc) is 3.06. The molecule has 0 radical (unpaired) electrons. The van der Waals surface area contributed by atoms with Gasteiger partial charge >= 0.3 is 0 Å². The molecule has 0 amide bonds. The van der Waals surface area contributed by atoms with Gasteiger partial charge in [0.05, 0.1) is 0 Å². The standard InChI is InChI=1S/C18H19NOS/c1-19-12-11-18(21-13-4-5-14-21)20-17-10-6-8-15-7-2-3-9-16(15)17/h2-10,13,18-19H,11-12H2,1H3/t18-,21?/m0/s1. The van der Waals surface area contributed by atoms with Gasteiger partial charge in [-0.05, 0) is 42.6 Å². The predicted octanol–water partition coefficient (Wildman–Crippen LogP) is 3.91. The Morgan fingerprint density at radius 3 is 2.86 bits per heavy atom. The van der Waals surface area contributed by atoms with Crippen molar-refractivity contribution in [3.8, 4) is 5.75 Å². The molecule has 0 saturated carbocycles. The second-order valence-electron chi connectivity index (χ2n) is 4.90. The Hall–Kier alpha value is -1.80. The first kappa shape index (κ1) is 14.2. The van der Waals surface area contributed by atoms with Gasteiger partial charge in [0.15, 0.2) is 5.44 Å². The third kappa shape index (κ3) is 3.27. The molecule has 3 heteroatoms. The van der Waals surface area contributed by atoms with Crippen LogP contribution in [0.1, 0.15) is 6.42 Å². The summed E-state index contributed by atoms with van der Waals surface area (Å²) in [7, 11) is 1.92. The topological polar surface area (TPSA) is 21.3 Å². The van der Waals surface area contributed by atoms with E-state index >= 15 is 0 Å². The summed E-state index contributed by atoms with van der Waals surface area (Å²) in [6.07, 6.45) is 5.01. The lowest BCUT2D eigenvalue weighted by Gasteiger charge is -2.20. The molecule has 2 aromatic rings. The van der Waals surface area contributed by atoms with E-state index in [0.717, 1.165) is 18.7 Å². The zero-order chi connectivity index (χ0) is 14.5. The Morgan fingerprint density at radius 1 is 1.19 bits per heavy atom. The number of rotatable bonds is 6. The van der Waals surface area contributed by atoms with Crippen LogP contribution < -0.4 is 10.1 Å². The Labute approximate surface area is 128 Å². The molecule has 2 aromatic carbocycles. The van der Waals surface area contributed by atoms with Gasteiger partial charge in [-0.15, -0.1) is 0 Å². The lowest BCUT2D eigenvalue weighted by atomic mass is 10.1. The fourth-order valence-electron chi connectivity index (χ4n) is 2.38. The van der Waals surface area contributed by atoms with E-state index in [1.807, 2.05) is 13.1 Å². The molecule has 0 aliphatic carbocycles. The van der Waals surface area contributed by atoms with E-state index in [0.29, 0.717) is 0 Å². The molecule has 0 fully saturated rings. The molecular weight excluding hydrogens is 278 g/mol. The van der Waals surface area contributed by atoms with Gasteiger partial charge in [-0.2, -0.15) is 0 Å². The first-order chi connectivity index (χ1) is 10.4. The fourth-order valence-corrected chi connectivity index (χ4v) is 3.85. The van der Waals surface area contributed by atoms with Crippen LogP contribution >= 0.6 is 10.5 Å². The quantitative estimate of drug-likeness (QED) is 0.816. The Morgan fingerprint density at radius 2 is 2.05 bits per heavy atom. The summed E-state index contributed by atoms with van der Waals surface area (Å²) in [6, 6.07) is 14.6. The van der Waals surface area contributed by atoms with Crippen molar-refractivity contribution >= 4 is 26.3 Å². The van der Waals surface area contributed by atoms with Crippen molar-refractivity contribution in [3.05, 3.63) is 60.0 Å². The van der Waals surface area contributed by atoms with Crippen molar-refractivity contribution in [1.29, 1.82) is 0 Å². The number of fused-ring (bicyclic) bond motifs is 1. The summed E-state index contributed by atoms with van der Waals surface area (Å²) in [6.45, 7) is 0.939. The Bertz CT molecular complexity index is 724. The average molecular weight is 297 g/mol. The van der Waals surface area contributed by atoms with Crippen LogP contribution in [0.5, 0.6) is 5.75 Å². The Balaban J connectivity index is 1.90. The van der Waals surface area contributed by atoms with Crippen LogP contribution in [0.15, 0.2) is 60.0 Å². The number of ether oxygens (including phenoxy) is 1. The molecule has 3 rings (SSSR count). The monoisotopic (exact) mass is 297 g/mol. The highest BCUT2D eigenvalue weighted by molar-refractivity contribution is 8.17. The predicted molar refractivity (Wildman–Crippen MR) is 93.2 cm³/mol. The highest BCUT2D eigenvalue weighted by Gasteiger charge is 2.15. The highest BCUT2D eigenvalue weighted by Crippen LogP contribution is 2.32. The number of hydrogen-bond acceptors (Lipinski definition) is 2. The van der Waals surface area contributed by atoms with Crippen molar-refractivity contribution < 1.29 is 4.74 Å². The minimum Gasteiger partial charge on any atom is -0.479 e. The van der Waals surface area contributed by atoms with Gasteiger partial charge in [-0.3, -0.25) is 0 Å². The van der Waals surface area contributed by atoms with Gasteiger partial charge in [0.1, 0.15) is 5.75 Å². The van der Waals surface area contributed by atoms with E-state index in [-0.39, 0.29) is 15.9 Å². The molecule has 0 aromatic heterocycles. The maximum atomic E-state index is 6.35. The zero-order valence-electron chi connectivity index (χ0n) is 12.1. The molecule has 1 heterocycles. The fraction of sp³-hybridized carbons (Fsp3) is 0.222. The van der Waals surface area contributed by atoms with Crippen LogP contribution in [0.4, 0.5) is 0 Å². The van der Waals surface area contributed by atoms with Gasteiger partial charge in [0, 0.05) is 11.8 Å². The van der Waals surface area contributed by atoms with Crippen LogP contribution in [0, 0.1) is 0 Å². The lowest BCUT2D eigenvalue weighted by Crippen LogP contribution is -2.20. The van der Waals surface area contributed by atoms with E-state index in [2.05, 4.69) is 64.3 Å². The van der Waals surface area contributed by atoms with Gasteiger partial charge in [0.25, 0.3) is 0 Å². The molecule has 1 unspecified atom stereocenters. The Kier molecular flexibility index (Phi) is 4.56. The van der Waals surface area contributed by atoms with Crippen molar-refractivity contribution in [2.75, 3.05) is 13.6 Å². The second-order valence-corrected chi connectivity index (χ2v) is 6.68. The van der Waals surface area contributed by atoms with Gasteiger partial charge in [-0.1, -0.05) is 51.9 Å². The molecule has 1 aliphatic rings. The van der Waals surface area contributed by atoms with Gasteiger partial charge in [0.2, 0.25) is 0 Å². The third-order valence-corrected chi connectivity index (χ3v) is 5.20. The lowest BCUT2D eigenvalue weighted by molar-refractivity contribution is 0.280. The van der Waals surface area contributed by atoms with E-state index in [1.165, 1.54) is 10.8 Å². The summed E-state index contributed by atoms with van der Waals surface area (Å²) in [5, 5.41) is 11.2. The van der Waals surface area contributed by atoms with E-state index in [4.69, 9.17) is 4.74 Å². The molecule has 21 heavy (non-hydrogen) atoms. The molecule has 0 saturated heterocycles. The van der Waals surface area contributed by atoms with Crippen molar-refractivity contribution in [3.63, 3.8) is 0 Å². The molecule has 108 valence electrons. The SMILES string of the molecule is CNCC[C@@H](Oc1cccc2ccccc12)S1=C=CC=C1. The summed E-state index contributed by atoms with van der Waals surface area (Å²) < 4.78 is 6.35. The summed E-state index contributed by atoms with van der Waals surface area (Å²) >= 11 is 0. The highest BCUT2D eigenvalue weighted by atomic mass is 32.2. The molecule has 2 nitrogen and oxygen atoms in total. The van der Waals surface area contributed by atoms with E-state index < -0.39 is 0 Å². The number of nitrogens with one attached hydrogen (secondary N) is 1. The maximum Gasteiger partial charge on any atom is 0.151 e. The van der Waals surface area contributed by atoms with Crippen LogP contribution in [-0.4, -0.2) is 24.1 Å². The van der Waals surface area contributed by atoms with Crippen molar-refractivity contribution in [2.24, 2.45) is 0 Å². The second kappa shape index (κ2) is 6.77. The van der Waals surface area contributed by atoms with Gasteiger partial charge < -0.3 is 10.1 Å². The molecule has 0 spiro atoms. The number of allylic oxidation sites excluding steroid dienone is 2. The summed E-state index contributed by atoms with van der Waals surface area (Å²) in [4.78, 5) is 0. The minimum atomic E-state index is -0.0583. The third-order valence-electron chi connectivity index (χ3n) is 3.45.